The molecule has 32 heavy (non-hydrogen) atoms. The van der Waals surface area contributed by atoms with Crippen molar-refractivity contribution in [2.75, 3.05) is 0 Å². The zero-order chi connectivity index (χ0) is 29.6. The van der Waals surface area contributed by atoms with Crippen molar-refractivity contribution in [2.45, 2.75) is 27.5 Å². The molecule has 0 aliphatic heterocycles. The van der Waals surface area contributed by atoms with Crippen LogP contribution in [-0.4, -0.2) is 4.98 Å². The molecule has 0 saturated carbocycles. The summed E-state index contributed by atoms with van der Waals surface area (Å²) >= 11 is 0. The number of furan rings is 1. The average Bonchev–Trinajstić information content (AvgIpc) is 3.25. The molecule has 3 heterocycles. The van der Waals surface area contributed by atoms with Gasteiger partial charge < -0.3 is 4.42 Å². The normalized spacial score (nSPS) is 17.2. The van der Waals surface area contributed by atoms with Gasteiger partial charge in [0.05, 0.1) is 11.1 Å². The molecule has 0 bridgehead atoms. The van der Waals surface area contributed by atoms with Gasteiger partial charge in [-0.3, -0.25) is 4.98 Å². The molecule has 0 N–H and O–H groups in total. The second kappa shape index (κ2) is 6.64. The topological polar surface area (TPSA) is 29.9 Å². The highest BCUT2D eigenvalue weighted by Crippen LogP contribution is 2.41. The van der Waals surface area contributed by atoms with Crippen LogP contribution >= 0.6 is 0 Å². The summed E-state index contributed by atoms with van der Waals surface area (Å²) in [5.74, 6) is 0. The Morgan fingerprint density at radius 3 is 2.41 bits per heavy atom. The molecular formula is C29H25N2O+. The van der Waals surface area contributed by atoms with Crippen LogP contribution in [-0.2, 0) is 7.05 Å². The first-order valence-electron chi connectivity index (χ1n) is 14.8. The van der Waals surface area contributed by atoms with Gasteiger partial charge >= 0.3 is 0 Å². The number of hydrogen-bond acceptors (Lipinski definition) is 2. The summed E-state index contributed by atoms with van der Waals surface area (Å²) in [4.78, 5) is 4.52. The van der Waals surface area contributed by atoms with Gasteiger partial charge in [-0.1, -0.05) is 30.3 Å². The first kappa shape index (κ1) is 11.8. The summed E-state index contributed by atoms with van der Waals surface area (Å²) in [5, 5.41) is 4.63. The Labute approximate surface area is 199 Å². The molecule has 0 fully saturated rings. The number of nitrogens with zero attached hydrogens (tertiary/aromatic N) is 2. The number of pyridine rings is 2. The largest absolute Gasteiger partial charge is 0.454 e. The maximum Gasteiger partial charge on any atom is 0.218 e. The fraction of sp³-hybridized carbons (Fsp3) is 0.172. The summed E-state index contributed by atoms with van der Waals surface area (Å²) in [6.45, 7) is -6.30. The van der Waals surface area contributed by atoms with E-state index in [1.54, 1.807) is 14.0 Å². The molecule has 3 aromatic heterocycles. The van der Waals surface area contributed by atoms with Crippen LogP contribution in [0.3, 0.4) is 0 Å². The Balaban J connectivity index is 1.78. The van der Waals surface area contributed by atoms with Crippen LogP contribution in [0, 0.1) is 27.5 Å². The first-order valence-corrected chi connectivity index (χ1v) is 10.3. The Kier molecular flexibility index (Phi) is 2.44. The molecule has 0 aliphatic carbocycles. The highest BCUT2D eigenvalue weighted by molar-refractivity contribution is 6.19. The lowest BCUT2D eigenvalue weighted by molar-refractivity contribution is -0.660. The summed E-state index contributed by atoms with van der Waals surface area (Å²) in [6.07, 6.45) is 1.29. The van der Waals surface area contributed by atoms with Crippen molar-refractivity contribution in [3.05, 3.63) is 83.3 Å². The Hall–Kier alpha value is -3.72. The van der Waals surface area contributed by atoms with E-state index < -0.39 is 20.6 Å². The van der Waals surface area contributed by atoms with Crippen LogP contribution in [0.4, 0.5) is 0 Å². The van der Waals surface area contributed by atoms with E-state index in [1.165, 1.54) is 16.8 Å². The molecule has 0 saturated heterocycles. The maximum atomic E-state index is 8.25. The molecular weight excluding hydrogens is 392 g/mol. The van der Waals surface area contributed by atoms with Gasteiger partial charge in [0.25, 0.3) is 0 Å². The third-order valence-corrected chi connectivity index (χ3v) is 6.17. The highest BCUT2D eigenvalue weighted by Gasteiger charge is 2.24. The Bertz CT molecular complexity index is 2030. The molecule has 6 aromatic rings. The predicted molar refractivity (Wildman–Crippen MR) is 132 cm³/mol. The van der Waals surface area contributed by atoms with Crippen LogP contribution in [0.2, 0.25) is 0 Å². The van der Waals surface area contributed by atoms with E-state index in [9.17, 15) is 0 Å². The number of benzene rings is 3. The van der Waals surface area contributed by atoms with E-state index in [-0.39, 0.29) is 22.4 Å². The number of aromatic nitrogens is 2. The number of rotatable bonds is 1. The van der Waals surface area contributed by atoms with E-state index in [2.05, 4.69) is 4.98 Å². The molecule has 0 atom stereocenters. The number of hydrogen-bond donors (Lipinski definition) is 0. The minimum Gasteiger partial charge on any atom is -0.454 e. The van der Waals surface area contributed by atoms with Crippen LogP contribution in [0.15, 0.2) is 65.2 Å². The zero-order valence-corrected chi connectivity index (χ0v) is 17.6. The molecule has 0 radical (unpaired) electrons. The van der Waals surface area contributed by atoms with Crippen LogP contribution < -0.4 is 4.57 Å². The smallest absolute Gasteiger partial charge is 0.218 e. The van der Waals surface area contributed by atoms with E-state index >= 15 is 0 Å². The van der Waals surface area contributed by atoms with E-state index in [0.29, 0.717) is 33.3 Å². The molecule has 0 spiro atoms. The van der Waals surface area contributed by atoms with E-state index in [4.69, 9.17) is 16.8 Å². The summed E-state index contributed by atoms with van der Waals surface area (Å²) in [6, 6.07) is 17.0. The third kappa shape index (κ3) is 2.61. The van der Waals surface area contributed by atoms with Gasteiger partial charge in [0.1, 0.15) is 18.2 Å². The van der Waals surface area contributed by atoms with Crippen molar-refractivity contribution in [3.63, 3.8) is 0 Å². The summed E-state index contributed by atoms with van der Waals surface area (Å²) in [5.41, 5.74) is 1.05. The van der Waals surface area contributed by atoms with Crippen molar-refractivity contribution in [1.29, 1.82) is 0 Å². The quantitative estimate of drug-likeness (QED) is 0.209. The van der Waals surface area contributed by atoms with Crippen molar-refractivity contribution in [1.82, 2.24) is 4.98 Å². The minimum atomic E-state index is -2.71. The van der Waals surface area contributed by atoms with Crippen LogP contribution in [0.25, 0.3) is 54.7 Å². The third-order valence-electron chi connectivity index (χ3n) is 6.17. The Morgan fingerprint density at radius 1 is 0.812 bits per heavy atom. The van der Waals surface area contributed by atoms with Crippen molar-refractivity contribution < 1.29 is 21.3 Å². The fourth-order valence-corrected chi connectivity index (χ4v) is 4.62. The molecule has 3 nitrogen and oxygen atoms in total. The highest BCUT2D eigenvalue weighted by atomic mass is 16.3. The van der Waals surface area contributed by atoms with Crippen molar-refractivity contribution in [3.8, 4) is 11.3 Å². The molecule has 6 rings (SSSR count). The van der Waals surface area contributed by atoms with E-state index in [1.807, 2.05) is 48.5 Å². The lowest BCUT2D eigenvalue weighted by atomic mass is 9.99. The summed E-state index contributed by atoms with van der Waals surface area (Å²) < 4.78 is 80.8. The second-order valence-electron chi connectivity index (χ2n) is 8.19. The average molecular weight is 427 g/mol. The number of aryl methyl sites for hydroxylation is 5. The van der Waals surface area contributed by atoms with Crippen LogP contribution in [0.1, 0.15) is 34.9 Å². The van der Waals surface area contributed by atoms with Gasteiger partial charge in [0, 0.05) is 40.4 Å². The lowest BCUT2D eigenvalue weighted by Crippen LogP contribution is -2.31. The fourth-order valence-electron chi connectivity index (χ4n) is 4.62. The predicted octanol–water partition coefficient (Wildman–Crippen LogP) is 7.01. The van der Waals surface area contributed by atoms with Gasteiger partial charge in [-0.25, -0.2) is 4.57 Å². The maximum absolute atomic E-state index is 8.25. The standard InChI is InChI=1S/C29H25N2O/c1-16-12-25(31(5)15-17(16)2)27-19(4)30-18(3)26-23-11-10-22-13-20-8-6-7-9-21(20)14-24(22)28(23)32-29(26)27/h6-15H,1-5H3/q+1/i1D3,2D3,3D3. The van der Waals surface area contributed by atoms with Crippen molar-refractivity contribution in [2.24, 2.45) is 7.05 Å². The monoisotopic (exact) mass is 426 g/mol. The summed E-state index contributed by atoms with van der Waals surface area (Å²) in [7, 11) is 1.61. The van der Waals surface area contributed by atoms with Gasteiger partial charge in [0.2, 0.25) is 5.69 Å². The minimum absolute atomic E-state index is 0.120. The van der Waals surface area contributed by atoms with Crippen LogP contribution in [0.5, 0.6) is 0 Å². The first-order chi connectivity index (χ1) is 19.1. The van der Waals surface area contributed by atoms with Crippen molar-refractivity contribution >= 4 is 43.5 Å². The molecule has 3 aromatic carbocycles. The van der Waals surface area contributed by atoms with Gasteiger partial charge in [-0.15, -0.1) is 0 Å². The zero-order valence-electron chi connectivity index (χ0n) is 26.6. The van der Waals surface area contributed by atoms with Gasteiger partial charge in [-0.2, -0.15) is 0 Å². The molecule has 156 valence electrons. The molecule has 0 aliphatic rings. The number of fused-ring (bicyclic) bond motifs is 6. The Morgan fingerprint density at radius 2 is 1.62 bits per heavy atom. The lowest BCUT2D eigenvalue weighted by Gasteiger charge is -2.08. The second-order valence-corrected chi connectivity index (χ2v) is 8.19. The SMILES string of the molecule is [2H]C([2H])([2H])c1cc(-c2c(C)nc(C([2H])([2H])[2H])c3c2oc2c4cc5ccccc5cc4ccc23)[n+](C)cc1C([2H])([2H])[2H]. The molecule has 0 amide bonds. The van der Waals surface area contributed by atoms with Gasteiger partial charge in [-0.05, 0) is 67.4 Å². The van der Waals surface area contributed by atoms with Gasteiger partial charge in [0.15, 0.2) is 11.8 Å². The van der Waals surface area contributed by atoms with E-state index in [0.717, 1.165) is 21.5 Å². The molecule has 3 heteroatoms. The molecule has 0 unspecified atom stereocenters.